The minimum absolute atomic E-state index is 0. The molecule has 3 aromatic carbocycles. The average Bonchev–Trinajstić information content (AvgIpc) is 3.25. The Balaban J connectivity index is 0.00000140. The third-order valence-electron chi connectivity index (χ3n) is 4.54. The van der Waals surface area contributed by atoms with Gasteiger partial charge in [-0.05, 0) is 0 Å². The fraction of sp³-hybridized carbons (Fsp3) is 0.0833. The minimum atomic E-state index is -0.731. The molecule has 0 bridgehead atoms. The van der Waals surface area contributed by atoms with Crippen LogP contribution in [0.25, 0.3) is 5.57 Å². The maximum Gasteiger partial charge on any atom is -1.00 e. The van der Waals surface area contributed by atoms with Crippen LogP contribution in [0, 0.1) is 0 Å². The fourth-order valence-corrected chi connectivity index (χ4v) is 4.82. The minimum Gasteiger partial charge on any atom is -1.00 e. The number of hydrogen-bond acceptors (Lipinski definition) is 1. The summed E-state index contributed by atoms with van der Waals surface area (Å²) in [7, 11) is 0. The molecule has 0 aliphatic heterocycles. The van der Waals surface area contributed by atoms with E-state index in [0.29, 0.717) is 0 Å². The van der Waals surface area contributed by atoms with Crippen molar-refractivity contribution in [3.63, 3.8) is 0 Å². The molecule has 4 heteroatoms. The van der Waals surface area contributed by atoms with Gasteiger partial charge in [-0.2, -0.15) is 0 Å². The van der Waals surface area contributed by atoms with E-state index in [2.05, 4.69) is 103 Å². The molecular weight excluding hydrogens is 423 g/mol. The first-order chi connectivity index (χ1) is 12.9. The van der Waals surface area contributed by atoms with Crippen molar-refractivity contribution >= 4 is 9.44 Å². The van der Waals surface area contributed by atoms with E-state index >= 15 is 0 Å². The van der Waals surface area contributed by atoms with Gasteiger partial charge in [-0.25, -0.2) is 0 Å². The molecule has 140 valence electrons. The van der Waals surface area contributed by atoms with Gasteiger partial charge < -0.3 is 24.8 Å². The molecule has 0 atom stereocenters. The van der Waals surface area contributed by atoms with E-state index in [0.717, 1.165) is 6.42 Å². The van der Waals surface area contributed by atoms with Crippen LogP contribution in [-0.4, -0.2) is 0 Å². The summed E-state index contributed by atoms with van der Waals surface area (Å²) >= 11 is -0.731. The fourth-order valence-electron chi connectivity index (χ4n) is 3.21. The second-order valence-corrected chi connectivity index (χ2v) is 7.82. The molecule has 0 saturated carbocycles. The van der Waals surface area contributed by atoms with E-state index in [1.165, 1.54) is 26.1 Å². The van der Waals surface area contributed by atoms with Crippen molar-refractivity contribution in [1.29, 1.82) is 0 Å². The molecule has 0 radical (unpaired) electrons. The van der Waals surface area contributed by atoms with E-state index in [9.17, 15) is 0 Å². The molecule has 28 heavy (non-hydrogen) atoms. The summed E-state index contributed by atoms with van der Waals surface area (Å²) in [6, 6.07) is 29.7. The monoisotopic (exact) mass is 442 g/mol. The molecule has 1 nitrogen and oxygen atoms in total. The Morgan fingerprint density at radius 2 is 1.29 bits per heavy atom. The van der Waals surface area contributed by atoms with Crippen LogP contribution in [0.5, 0.6) is 0 Å². The van der Waals surface area contributed by atoms with Crippen molar-refractivity contribution < 1.29 is 47.7 Å². The van der Waals surface area contributed by atoms with Gasteiger partial charge in [0.15, 0.2) is 0 Å². The van der Waals surface area contributed by atoms with Crippen molar-refractivity contribution in [2.45, 2.75) is 12.5 Å². The molecule has 4 rings (SSSR count). The van der Waals surface area contributed by atoms with Crippen LogP contribution < -0.4 is 28.7 Å². The first-order valence-electron chi connectivity index (χ1n) is 8.88. The zero-order valence-electron chi connectivity index (χ0n) is 15.3. The second kappa shape index (κ2) is 11.4. The van der Waals surface area contributed by atoms with Gasteiger partial charge in [0.05, 0.1) is 0 Å². The Labute approximate surface area is 188 Å². The average molecular weight is 443 g/mol. The molecule has 0 amide bonds. The Kier molecular flexibility index (Phi) is 9.24. The van der Waals surface area contributed by atoms with E-state index in [-0.39, 0.29) is 30.9 Å². The maximum atomic E-state index is 6.58. The largest absolute Gasteiger partial charge is 1.00 e. The molecule has 0 fully saturated rings. The van der Waals surface area contributed by atoms with E-state index < -0.39 is 19.5 Å². The van der Waals surface area contributed by atoms with Crippen molar-refractivity contribution in [1.82, 2.24) is 0 Å². The Morgan fingerprint density at radius 1 is 0.714 bits per heavy atom. The molecule has 0 N–H and O–H groups in total. The van der Waals surface area contributed by atoms with Crippen LogP contribution in [0.3, 0.4) is 0 Å². The quantitative estimate of drug-likeness (QED) is 0.466. The molecule has 0 unspecified atom stereocenters. The number of hydrogen-bond donors (Lipinski definition) is 0. The van der Waals surface area contributed by atoms with Gasteiger partial charge >= 0.3 is 165 Å². The van der Waals surface area contributed by atoms with Gasteiger partial charge in [-0.1, -0.05) is 0 Å². The summed E-state index contributed by atoms with van der Waals surface area (Å²) in [5.74, 6) is 0. The van der Waals surface area contributed by atoms with Crippen molar-refractivity contribution in [2.24, 2.45) is 0 Å². The zero-order valence-corrected chi connectivity index (χ0v) is 18.3. The van der Waals surface area contributed by atoms with Gasteiger partial charge in [-0.15, -0.1) is 0 Å². The summed E-state index contributed by atoms with van der Waals surface area (Å²) in [6.07, 6.45) is 7.58. The normalized spacial score (nSPS) is 12.0. The Hall–Kier alpha value is -1.61. The van der Waals surface area contributed by atoms with Gasteiger partial charge in [0.2, 0.25) is 0 Å². The van der Waals surface area contributed by atoms with Crippen LogP contribution in [0.1, 0.15) is 29.2 Å². The molecule has 0 spiro atoms. The summed E-state index contributed by atoms with van der Waals surface area (Å²) in [5, 5.41) is 0. The second-order valence-electron chi connectivity index (χ2n) is 6.29. The predicted octanol–water partition coefficient (Wildman–Crippen LogP) is -0.533. The van der Waals surface area contributed by atoms with E-state index in [1.54, 1.807) is 0 Å². The van der Waals surface area contributed by atoms with Crippen LogP contribution in [0.15, 0.2) is 103 Å². The van der Waals surface area contributed by atoms with Gasteiger partial charge in [-0.3, -0.25) is 0 Å². The smallest absolute Gasteiger partial charge is 1.00 e. The molecule has 0 saturated heterocycles. The topological polar surface area (TPSA) is 9.23 Å². The third kappa shape index (κ3) is 5.47. The van der Waals surface area contributed by atoms with E-state index in [4.69, 9.17) is 3.32 Å². The van der Waals surface area contributed by atoms with Crippen LogP contribution in [0.4, 0.5) is 0 Å². The zero-order chi connectivity index (χ0) is 17.6. The Bertz CT molecular complexity index is 884. The summed E-state index contributed by atoms with van der Waals surface area (Å²) in [5.41, 5.74) is 5.16. The summed E-state index contributed by atoms with van der Waals surface area (Å²) in [6.45, 7) is 0. The van der Waals surface area contributed by atoms with Crippen LogP contribution in [-0.2, 0) is 22.9 Å². The molecule has 1 aliphatic carbocycles. The first kappa shape index (κ1) is 22.7. The summed E-state index contributed by atoms with van der Waals surface area (Å²) in [4.78, 5) is 0. The Morgan fingerprint density at radius 3 is 1.86 bits per heavy atom. The SMILES string of the molecule is C1=CCC(c2cccc[c]2[Ti+2][O]C(c2ccccc2)c2ccccc2)=C1.[Cl-].[Cl-]. The number of halogens is 2. The van der Waals surface area contributed by atoms with E-state index in [1.807, 2.05) is 0 Å². The molecule has 0 heterocycles. The van der Waals surface area contributed by atoms with Crippen LogP contribution >= 0.6 is 0 Å². The molecule has 0 aromatic heterocycles. The molecular formula is C24H20Cl2OTi. The standard InChI is InChI=1S/C13H11O.C11H9.2ClH.Ti/c14-13(11-7-3-1-4-8-11)12-9-5-2-6-10-12;1-2-6-10(7-3-1)11-8-4-5-9-11;;;/h1-10,13H;1-6,8H,9H2;2*1H;/q-1;;;;+3/p-2. The van der Waals surface area contributed by atoms with Crippen LogP contribution in [0.2, 0.25) is 0 Å². The third-order valence-corrected chi connectivity index (χ3v) is 6.11. The van der Waals surface area contributed by atoms with Crippen molar-refractivity contribution in [3.05, 3.63) is 120 Å². The number of benzene rings is 3. The number of allylic oxidation sites excluding steroid dienone is 4. The van der Waals surface area contributed by atoms with Gasteiger partial charge in [0.25, 0.3) is 0 Å². The van der Waals surface area contributed by atoms with Crippen molar-refractivity contribution in [3.8, 4) is 0 Å². The van der Waals surface area contributed by atoms with Gasteiger partial charge in [0.1, 0.15) is 0 Å². The maximum absolute atomic E-state index is 6.58. The van der Waals surface area contributed by atoms with Gasteiger partial charge in [0, 0.05) is 0 Å². The summed E-state index contributed by atoms with van der Waals surface area (Å²) < 4.78 is 7.94. The number of rotatable bonds is 6. The first-order valence-corrected chi connectivity index (χ1v) is 10.3. The molecule has 3 aromatic rings. The molecule has 1 aliphatic rings. The van der Waals surface area contributed by atoms with Crippen molar-refractivity contribution in [2.75, 3.05) is 0 Å². The predicted molar refractivity (Wildman–Crippen MR) is 104 cm³/mol.